The van der Waals surface area contributed by atoms with Gasteiger partial charge in [-0.05, 0) is 24.6 Å². The minimum atomic E-state index is -0.694. The van der Waals surface area contributed by atoms with E-state index in [2.05, 4.69) is 17.2 Å². The van der Waals surface area contributed by atoms with Gasteiger partial charge in [0.15, 0.2) is 0 Å². The van der Waals surface area contributed by atoms with Crippen LogP contribution in [0.3, 0.4) is 0 Å². The molecule has 1 aromatic carbocycles. The Hall–Kier alpha value is -1.74. The maximum absolute atomic E-state index is 10.4. The van der Waals surface area contributed by atoms with Gasteiger partial charge in [0.25, 0.3) is 0 Å². The standard InChI is InChI=1S/C17H22N2O/c1-2-3-7-12-17(20)13-10-16(11-14-17)19-18-15-8-5-4-6-9-15/h4-6,8-11,13,20H,2-3,7,12,14H2,1H3. The third-order valence-corrected chi connectivity index (χ3v) is 3.48. The highest BCUT2D eigenvalue weighted by molar-refractivity contribution is 5.35. The van der Waals surface area contributed by atoms with Crippen molar-refractivity contribution in [3.8, 4) is 0 Å². The summed E-state index contributed by atoms with van der Waals surface area (Å²) in [6.45, 7) is 2.17. The summed E-state index contributed by atoms with van der Waals surface area (Å²) in [4.78, 5) is 0. The average Bonchev–Trinajstić information content (AvgIpc) is 2.48. The molecule has 0 amide bonds. The zero-order chi connectivity index (χ0) is 14.3. The van der Waals surface area contributed by atoms with E-state index in [0.29, 0.717) is 6.42 Å². The Morgan fingerprint density at radius 2 is 1.95 bits per heavy atom. The quantitative estimate of drug-likeness (QED) is 0.578. The number of nitrogens with zero attached hydrogens (tertiary/aromatic N) is 2. The SMILES string of the molecule is CCCCCC1(O)C=CC(N=Nc2ccccc2)=CC1. The smallest absolute Gasteiger partial charge is 0.0866 e. The van der Waals surface area contributed by atoms with Crippen molar-refractivity contribution in [2.75, 3.05) is 0 Å². The summed E-state index contributed by atoms with van der Waals surface area (Å²) in [5, 5.41) is 18.8. The number of hydrogen-bond donors (Lipinski definition) is 1. The van der Waals surface area contributed by atoms with Crippen LogP contribution in [-0.4, -0.2) is 10.7 Å². The fraction of sp³-hybridized carbons (Fsp3) is 0.412. The van der Waals surface area contributed by atoms with Gasteiger partial charge >= 0.3 is 0 Å². The van der Waals surface area contributed by atoms with Gasteiger partial charge in [-0.15, -0.1) is 0 Å². The van der Waals surface area contributed by atoms with Crippen molar-refractivity contribution in [2.24, 2.45) is 10.2 Å². The molecule has 1 aliphatic rings. The van der Waals surface area contributed by atoms with Crippen LogP contribution in [0.15, 0.2) is 64.5 Å². The van der Waals surface area contributed by atoms with Gasteiger partial charge in [-0.25, -0.2) is 0 Å². The number of rotatable bonds is 6. The van der Waals surface area contributed by atoms with Gasteiger partial charge in [-0.1, -0.05) is 56.5 Å². The van der Waals surface area contributed by atoms with Crippen LogP contribution in [-0.2, 0) is 0 Å². The van der Waals surface area contributed by atoms with Crippen molar-refractivity contribution in [3.63, 3.8) is 0 Å². The van der Waals surface area contributed by atoms with E-state index in [4.69, 9.17) is 0 Å². The normalized spacial score (nSPS) is 22.2. The van der Waals surface area contributed by atoms with Gasteiger partial charge < -0.3 is 5.11 Å². The molecule has 1 aromatic rings. The highest BCUT2D eigenvalue weighted by atomic mass is 16.3. The lowest BCUT2D eigenvalue weighted by Crippen LogP contribution is -2.26. The molecule has 106 valence electrons. The number of allylic oxidation sites excluding steroid dienone is 1. The van der Waals surface area contributed by atoms with Gasteiger partial charge in [0.1, 0.15) is 0 Å². The summed E-state index contributed by atoms with van der Waals surface area (Å²) in [7, 11) is 0. The summed E-state index contributed by atoms with van der Waals surface area (Å²) < 4.78 is 0. The lowest BCUT2D eigenvalue weighted by molar-refractivity contribution is 0.0800. The van der Waals surface area contributed by atoms with Crippen LogP contribution in [0.1, 0.15) is 39.0 Å². The molecule has 1 aliphatic carbocycles. The van der Waals surface area contributed by atoms with E-state index in [1.165, 1.54) is 12.8 Å². The Kier molecular flexibility index (Phi) is 5.24. The van der Waals surface area contributed by atoms with E-state index < -0.39 is 5.60 Å². The predicted molar refractivity (Wildman–Crippen MR) is 81.9 cm³/mol. The van der Waals surface area contributed by atoms with Crippen LogP contribution in [0, 0.1) is 0 Å². The molecule has 3 nitrogen and oxygen atoms in total. The third kappa shape index (κ3) is 4.42. The topological polar surface area (TPSA) is 45.0 Å². The molecule has 20 heavy (non-hydrogen) atoms. The van der Waals surface area contributed by atoms with Crippen LogP contribution >= 0.6 is 0 Å². The first kappa shape index (κ1) is 14.7. The molecule has 0 spiro atoms. The summed E-state index contributed by atoms with van der Waals surface area (Å²) in [5.41, 5.74) is 0.959. The number of unbranched alkanes of at least 4 members (excludes halogenated alkanes) is 2. The minimum Gasteiger partial charge on any atom is -0.385 e. The second-order valence-electron chi connectivity index (χ2n) is 5.26. The zero-order valence-corrected chi connectivity index (χ0v) is 12.0. The number of aliphatic hydroxyl groups is 1. The lowest BCUT2D eigenvalue weighted by atomic mass is 9.89. The highest BCUT2D eigenvalue weighted by Gasteiger charge is 2.24. The van der Waals surface area contributed by atoms with Crippen molar-refractivity contribution in [3.05, 3.63) is 54.3 Å². The van der Waals surface area contributed by atoms with E-state index in [0.717, 1.165) is 24.2 Å². The highest BCUT2D eigenvalue weighted by Crippen LogP contribution is 2.27. The Labute approximate surface area is 120 Å². The van der Waals surface area contributed by atoms with E-state index in [1.54, 1.807) is 0 Å². The molecule has 0 radical (unpaired) electrons. The van der Waals surface area contributed by atoms with Crippen LogP contribution in [0.5, 0.6) is 0 Å². The molecule has 0 bridgehead atoms. The molecule has 3 heteroatoms. The molecule has 1 unspecified atom stereocenters. The molecule has 2 rings (SSSR count). The Morgan fingerprint density at radius 3 is 2.60 bits per heavy atom. The van der Waals surface area contributed by atoms with Crippen LogP contribution in [0.4, 0.5) is 5.69 Å². The number of hydrogen-bond acceptors (Lipinski definition) is 3. The summed E-state index contributed by atoms with van der Waals surface area (Å²) in [5.74, 6) is 0. The van der Waals surface area contributed by atoms with Crippen LogP contribution < -0.4 is 0 Å². The fourth-order valence-electron chi connectivity index (χ4n) is 2.21. The van der Waals surface area contributed by atoms with Crippen molar-refractivity contribution in [1.29, 1.82) is 0 Å². The fourth-order valence-corrected chi connectivity index (χ4v) is 2.21. The first-order chi connectivity index (χ1) is 9.72. The van der Waals surface area contributed by atoms with E-state index in [9.17, 15) is 5.11 Å². The molecule has 1 N–H and O–H groups in total. The van der Waals surface area contributed by atoms with Gasteiger partial charge in [-0.2, -0.15) is 10.2 Å². The molecular weight excluding hydrogens is 248 g/mol. The first-order valence-electron chi connectivity index (χ1n) is 7.30. The van der Waals surface area contributed by atoms with Crippen molar-refractivity contribution in [1.82, 2.24) is 0 Å². The number of benzene rings is 1. The maximum atomic E-state index is 10.4. The predicted octanol–water partition coefficient (Wildman–Crippen LogP) is 4.93. The van der Waals surface area contributed by atoms with Crippen molar-refractivity contribution >= 4 is 5.69 Å². The Balaban J connectivity index is 1.90. The second kappa shape index (κ2) is 7.15. The third-order valence-electron chi connectivity index (χ3n) is 3.48. The molecule has 0 saturated carbocycles. The largest absolute Gasteiger partial charge is 0.385 e. The molecule has 0 aliphatic heterocycles. The molecular formula is C17H22N2O. The minimum absolute atomic E-state index is 0.621. The first-order valence-corrected chi connectivity index (χ1v) is 7.30. The Bertz CT molecular complexity index is 505. The second-order valence-corrected chi connectivity index (χ2v) is 5.26. The molecule has 0 aromatic heterocycles. The van der Waals surface area contributed by atoms with Crippen LogP contribution in [0.25, 0.3) is 0 Å². The van der Waals surface area contributed by atoms with Gasteiger partial charge in [0.2, 0.25) is 0 Å². The van der Waals surface area contributed by atoms with Gasteiger partial charge in [0, 0.05) is 6.42 Å². The van der Waals surface area contributed by atoms with E-state index >= 15 is 0 Å². The zero-order valence-electron chi connectivity index (χ0n) is 12.0. The van der Waals surface area contributed by atoms with Crippen molar-refractivity contribution in [2.45, 2.75) is 44.6 Å². The van der Waals surface area contributed by atoms with E-state index in [-0.39, 0.29) is 0 Å². The molecule has 0 saturated heterocycles. The lowest BCUT2D eigenvalue weighted by Gasteiger charge is -2.25. The summed E-state index contributed by atoms with van der Waals surface area (Å²) >= 11 is 0. The molecule has 1 atom stereocenters. The monoisotopic (exact) mass is 270 g/mol. The average molecular weight is 270 g/mol. The molecule has 0 heterocycles. The maximum Gasteiger partial charge on any atom is 0.0866 e. The van der Waals surface area contributed by atoms with Gasteiger partial charge in [0.05, 0.1) is 17.0 Å². The van der Waals surface area contributed by atoms with Crippen molar-refractivity contribution < 1.29 is 5.11 Å². The summed E-state index contributed by atoms with van der Waals surface area (Å²) in [6, 6.07) is 9.66. The van der Waals surface area contributed by atoms with Crippen LogP contribution in [0.2, 0.25) is 0 Å². The molecule has 0 fully saturated rings. The number of azo groups is 1. The Morgan fingerprint density at radius 1 is 1.15 bits per heavy atom. The van der Waals surface area contributed by atoms with E-state index in [1.807, 2.05) is 48.6 Å². The van der Waals surface area contributed by atoms with Gasteiger partial charge in [-0.3, -0.25) is 0 Å². The summed E-state index contributed by atoms with van der Waals surface area (Å²) in [6.07, 6.45) is 10.5.